The number of methoxy groups -OCH3 is 1. The van der Waals surface area contributed by atoms with Gasteiger partial charge in [0, 0.05) is 6.04 Å². The summed E-state index contributed by atoms with van der Waals surface area (Å²) in [5.74, 6) is 0.896. The van der Waals surface area contributed by atoms with Gasteiger partial charge in [-0.3, -0.25) is 0 Å². The summed E-state index contributed by atoms with van der Waals surface area (Å²) in [6, 6.07) is 8.26. The van der Waals surface area contributed by atoms with Gasteiger partial charge >= 0.3 is 0 Å². The molecule has 0 aliphatic heterocycles. The number of nitrogens with two attached hydrogens (primary N) is 1. The molecule has 0 spiro atoms. The van der Waals surface area contributed by atoms with Gasteiger partial charge in [0.25, 0.3) is 0 Å². The molecule has 1 aromatic carbocycles. The van der Waals surface area contributed by atoms with Crippen LogP contribution in [0, 0.1) is 0 Å². The zero-order valence-electron chi connectivity index (χ0n) is 12.5. The number of ether oxygens (including phenoxy) is 1. The summed E-state index contributed by atoms with van der Waals surface area (Å²) in [6.07, 6.45) is 10.4. The van der Waals surface area contributed by atoms with Crippen molar-refractivity contribution >= 4 is 0 Å². The molecule has 0 aliphatic carbocycles. The molecular weight excluding hydrogens is 234 g/mol. The van der Waals surface area contributed by atoms with E-state index in [1.165, 1.54) is 50.5 Å². The van der Waals surface area contributed by atoms with E-state index < -0.39 is 0 Å². The van der Waals surface area contributed by atoms with Crippen molar-refractivity contribution in [2.75, 3.05) is 7.11 Å². The van der Waals surface area contributed by atoms with E-state index in [2.05, 4.69) is 13.0 Å². The number of benzene rings is 1. The third-order valence-electron chi connectivity index (χ3n) is 3.64. The third-order valence-corrected chi connectivity index (χ3v) is 3.64. The van der Waals surface area contributed by atoms with Crippen LogP contribution < -0.4 is 10.5 Å². The molecule has 0 fully saturated rings. The Morgan fingerprint density at radius 1 is 1.05 bits per heavy atom. The summed E-state index contributed by atoms with van der Waals surface area (Å²) in [6.45, 7) is 2.26. The molecule has 108 valence electrons. The molecule has 1 atom stereocenters. The fourth-order valence-electron chi connectivity index (χ4n) is 2.36. The lowest BCUT2D eigenvalue weighted by Gasteiger charge is -2.13. The van der Waals surface area contributed by atoms with E-state index in [1.807, 2.05) is 18.2 Å². The molecule has 0 aromatic heterocycles. The molecule has 1 unspecified atom stereocenters. The van der Waals surface area contributed by atoms with Crippen LogP contribution in [0.5, 0.6) is 5.75 Å². The van der Waals surface area contributed by atoms with E-state index in [0.717, 1.165) is 12.2 Å². The van der Waals surface area contributed by atoms with Crippen molar-refractivity contribution in [3.63, 3.8) is 0 Å². The molecule has 0 heterocycles. The van der Waals surface area contributed by atoms with Crippen LogP contribution in [0.15, 0.2) is 24.3 Å². The molecule has 1 rings (SSSR count). The van der Waals surface area contributed by atoms with Gasteiger partial charge in [-0.25, -0.2) is 0 Å². The minimum atomic E-state index is 0.144. The van der Waals surface area contributed by atoms with Gasteiger partial charge in [-0.1, -0.05) is 64.0 Å². The predicted octanol–water partition coefficient (Wildman–Crippen LogP) is 4.84. The maximum absolute atomic E-state index is 6.23. The summed E-state index contributed by atoms with van der Waals surface area (Å²) >= 11 is 0. The second kappa shape index (κ2) is 9.85. The lowest BCUT2D eigenvalue weighted by Crippen LogP contribution is -2.10. The Balaban J connectivity index is 2.18. The Morgan fingerprint density at radius 3 is 2.42 bits per heavy atom. The number of hydrogen-bond donors (Lipinski definition) is 1. The zero-order valence-corrected chi connectivity index (χ0v) is 12.5. The monoisotopic (exact) mass is 263 g/mol. The van der Waals surface area contributed by atoms with Gasteiger partial charge in [-0.05, 0) is 24.1 Å². The topological polar surface area (TPSA) is 35.2 Å². The Hall–Kier alpha value is -1.02. The molecule has 2 N–H and O–H groups in total. The van der Waals surface area contributed by atoms with Crippen molar-refractivity contribution < 1.29 is 4.74 Å². The maximum atomic E-state index is 6.23. The van der Waals surface area contributed by atoms with Crippen LogP contribution in [0.4, 0.5) is 0 Å². The van der Waals surface area contributed by atoms with Crippen molar-refractivity contribution in [2.45, 2.75) is 64.3 Å². The smallest absolute Gasteiger partial charge is 0.119 e. The molecule has 19 heavy (non-hydrogen) atoms. The molecule has 0 saturated carbocycles. The Bertz CT molecular complexity index is 338. The van der Waals surface area contributed by atoms with Gasteiger partial charge in [0.05, 0.1) is 7.11 Å². The first-order valence-electron chi connectivity index (χ1n) is 7.67. The van der Waals surface area contributed by atoms with E-state index in [9.17, 15) is 0 Å². The van der Waals surface area contributed by atoms with Crippen LogP contribution in [-0.2, 0) is 0 Å². The van der Waals surface area contributed by atoms with E-state index in [4.69, 9.17) is 10.5 Å². The average molecular weight is 263 g/mol. The summed E-state index contributed by atoms with van der Waals surface area (Å²) in [4.78, 5) is 0. The first kappa shape index (κ1) is 16.0. The Morgan fingerprint density at radius 2 is 1.74 bits per heavy atom. The first-order valence-corrected chi connectivity index (χ1v) is 7.67. The highest BCUT2D eigenvalue weighted by Crippen LogP contribution is 2.22. The van der Waals surface area contributed by atoms with E-state index >= 15 is 0 Å². The van der Waals surface area contributed by atoms with E-state index in [1.54, 1.807) is 7.11 Å². The van der Waals surface area contributed by atoms with Crippen LogP contribution >= 0.6 is 0 Å². The van der Waals surface area contributed by atoms with Crippen molar-refractivity contribution in [1.82, 2.24) is 0 Å². The van der Waals surface area contributed by atoms with Gasteiger partial charge in [0.15, 0.2) is 0 Å². The van der Waals surface area contributed by atoms with E-state index in [-0.39, 0.29) is 6.04 Å². The second-order valence-electron chi connectivity index (χ2n) is 5.29. The van der Waals surface area contributed by atoms with Gasteiger partial charge in [0.1, 0.15) is 5.75 Å². The molecule has 2 heteroatoms. The van der Waals surface area contributed by atoms with Crippen LogP contribution in [0.3, 0.4) is 0 Å². The standard InChI is InChI=1S/C17H29NO/c1-3-4-5-6-7-8-9-13-17(18)15-11-10-12-16(14-15)19-2/h10-12,14,17H,3-9,13,18H2,1-2H3. The summed E-state index contributed by atoms with van der Waals surface area (Å²) in [7, 11) is 1.70. The predicted molar refractivity (Wildman–Crippen MR) is 82.5 cm³/mol. The molecule has 0 radical (unpaired) electrons. The quantitative estimate of drug-likeness (QED) is 0.613. The molecule has 0 saturated heterocycles. The Labute approximate surface area is 118 Å². The first-order chi connectivity index (χ1) is 9.27. The fraction of sp³-hybridized carbons (Fsp3) is 0.647. The fourth-order valence-corrected chi connectivity index (χ4v) is 2.36. The van der Waals surface area contributed by atoms with Crippen molar-refractivity contribution in [1.29, 1.82) is 0 Å². The largest absolute Gasteiger partial charge is 0.497 e. The van der Waals surface area contributed by atoms with Crippen molar-refractivity contribution in [3.05, 3.63) is 29.8 Å². The highest BCUT2D eigenvalue weighted by atomic mass is 16.5. The number of hydrogen-bond acceptors (Lipinski definition) is 2. The second-order valence-corrected chi connectivity index (χ2v) is 5.29. The normalized spacial score (nSPS) is 12.4. The lowest BCUT2D eigenvalue weighted by atomic mass is 10.00. The average Bonchev–Trinajstić information content (AvgIpc) is 2.46. The Kier molecular flexibility index (Phi) is 8.31. The highest BCUT2D eigenvalue weighted by Gasteiger charge is 2.06. The van der Waals surface area contributed by atoms with Gasteiger partial charge in [-0.2, -0.15) is 0 Å². The molecule has 1 aromatic rings. The number of unbranched alkanes of at least 4 members (excludes halogenated alkanes) is 6. The summed E-state index contributed by atoms with van der Waals surface area (Å²) in [5.41, 5.74) is 7.41. The minimum Gasteiger partial charge on any atom is -0.497 e. The van der Waals surface area contributed by atoms with Crippen molar-refractivity contribution in [2.24, 2.45) is 5.73 Å². The molecule has 0 aliphatic rings. The summed E-state index contributed by atoms with van der Waals surface area (Å²) < 4.78 is 5.23. The van der Waals surface area contributed by atoms with Gasteiger partial charge in [0.2, 0.25) is 0 Å². The van der Waals surface area contributed by atoms with Crippen LogP contribution in [0.2, 0.25) is 0 Å². The van der Waals surface area contributed by atoms with Crippen molar-refractivity contribution in [3.8, 4) is 5.75 Å². The molecule has 0 bridgehead atoms. The lowest BCUT2D eigenvalue weighted by molar-refractivity contribution is 0.413. The van der Waals surface area contributed by atoms with Gasteiger partial charge < -0.3 is 10.5 Å². The zero-order chi connectivity index (χ0) is 13.9. The molecule has 2 nitrogen and oxygen atoms in total. The van der Waals surface area contributed by atoms with Crippen LogP contribution in [0.1, 0.15) is 69.9 Å². The summed E-state index contributed by atoms with van der Waals surface area (Å²) in [5, 5.41) is 0. The van der Waals surface area contributed by atoms with Crippen LogP contribution in [0.25, 0.3) is 0 Å². The van der Waals surface area contributed by atoms with Crippen LogP contribution in [-0.4, -0.2) is 7.11 Å². The highest BCUT2D eigenvalue weighted by molar-refractivity contribution is 5.30. The number of rotatable bonds is 10. The van der Waals surface area contributed by atoms with Gasteiger partial charge in [-0.15, -0.1) is 0 Å². The minimum absolute atomic E-state index is 0.144. The maximum Gasteiger partial charge on any atom is 0.119 e. The SMILES string of the molecule is CCCCCCCCCC(N)c1cccc(OC)c1. The molecular formula is C17H29NO. The third kappa shape index (κ3) is 6.63. The molecule has 0 amide bonds. The van der Waals surface area contributed by atoms with E-state index in [0.29, 0.717) is 0 Å².